The van der Waals surface area contributed by atoms with Gasteiger partial charge in [0.15, 0.2) is 5.82 Å². The van der Waals surface area contributed by atoms with Crippen LogP contribution in [-0.2, 0) is 7.05 Å². The molecule has 0 aliphatic rings. The first-order valence-electron chi connectivity index (χ1n) is 12.9. The lowest BCUT2D eigenvalue weighted by molar-refractivity contribution is 0.288. The molecule has 2 heterocycles. The number of allylic oxidation sites excluding steroid dienone is 1. The summed E-state index contributed by atoms with van der Waals surface area (Å²) in [6, 6.07) is 26.4. The fourth-order valence-corrected chi connectivity index (χ4v) is 4.48. The maximum atomic E-state index is 10.2. The van der Waals surface area contributed by atoms with Crippen molar-refractivity contribution < 1.29 is 4.74 Å². The molecule has 2 aromatic heterocycles. The fraction of sp³-hybridized carbons (Fsp3) is 0.219. The fourth-order valence-electron chi connectivity index (χ4n) is 4.48. The molecule has 38 heavy (non-hydrogen) atoms. The quantitative estimate of drug-likeness (QED) is 0.210. The minimum absolute atomic E-state index is 0.475. The molecule has 6 heteroatoms. The zero-order chi connectivity index (χ0) is 26.6. The molecule has 6 nitrogen and oxygen atoms in total. The van der Waals surface area contributed by atoms with Crippen LogP contribution in [0, 0.1) is 24.2 Å². The number of nitriles is 1. The van der Waals surface area contributed by atoms with Gasteiger partial charge in [0, 0.05) is 24.4 Å². The number of nitrogens with zero attached hydrogens (tertiary/aromatic N) is 5. The highest BCUT2D eigenvalue weighted by Gasteiger charge is 2.17. The molecule has 0 saturated heterocycles. The molecular formula is C32H31N5O. The van der Waals surface area contributed by atoms with E-state index in [1.807, 2.05) is 95.3 Å². The summed E-state index contributed by atoms with van der Waals surface area (Å²) in [6.07, 6.45) is 4.86. The number of imidazole rings is 1. The smallest absolute Gasteiger partial charge is 0.151 e. The molecule has 0 fully saturated rings. The van der Waals surface area contributed by atoms with Crippen molar-refractivity contribution in [1.29, 1.82) is 5.26 Å². The third kappa shape index (κ3) is 5.09. The Morgan fingerprint density at radius 2 is 1.82 bits per heavy atom. The van der Waals surface area contributed by atoms with Gasteiger partial charge in [-0.2, -0.15) is 10.4 Å². The van der Waals surface area contributed by atoms with Gasteiger partial charge in [0.05, 0.1) is 28.9 Å². The van der Waals surface area contributed by atoms with Gasteiger partial charge in [-0.05, 0) is 73.4 Å². The summed E-state index contributed by atoms with van der Waals surface area (Å²) in [7, 11) is 1.94. The highest BCUT2D eigenvalue weighted by Crippen LogP contribution is 2.31. The molecule has 0 saturated carbocycles. The third-order valence-electron chi connectivity index (χ3n) is 6.61. The van der Waals surface area contributed by atoms with Crippen molar-refractivity contribution in [2.45, 2.75) is 27.2 Å². The van der Waals surface area contributed by atoms with Gasteiger partial charge in [-0.15, -0.1) is 0 Å². The Morgan fingerprint density at radius 1 is 1.05 bits per heavy atom. The lowest BCUT2D eigenvalue weighted by atomic mass is 10.0. The lowest BCUT2D eigenvalue weighted by Gasteiger charge is -2.11. The average Bonchev–Trinajstić information content (AvgIpc) is 3.50. The number of rotatable bonds is 8. The summed E-state index contributed by atoms with van der Waals surface area (Å²) in [5, 5.41) is 15.1. The number of hydrogen-bond acceptors (Lipinski definition) is 4. The minimum atomic E-state index is 0.475. The lowest BCUT2D eigenvalue weighted by Crippen LogP contribution is -2.02. The molecule has 0 radical (unpaired) electrons. The van der Waals surface area contributed by atoms with Crippen molar-refractivity contribution in [3.63, 3.8) is 0 Å². The molecule has 5 aromatic rings. The van der Waals surface area contributed by atoms with Crippen molar-refractivity contribution in [1.82, 2.24) is 19.3 Å². The summed E-state index contributed by atoms with van der Waals surface area (Å²) in [5.41, 5.74) is 6.89. The van der Waals surface area contributed by atoms with Crippen molar-refractivity contribution in [2.75, 3.05) is 6.61 Å². The van der Waals surface area contributed by atoms with Crippen molar-refractivity contribution in [3.8, 4) is 28.8 Å². The van der Waals surface area contributed by atoms with E-state index in [1.165, 1.54) is 0 Å². The van der Waals surface area contributed by atoms with E-state index in [-0.39, 0.29) is 0 Å². The van der Waals surface area contributed by atoms with Crippen LogP contribution in [0.3, 0.4) is 0 Å². The molecule has 0 atom stereocenters. The van der Waals surface area contributed by atoms with Crippen LogP contribution in [-0.4, -0.2) is 25.9 Å². The first kappa shape index (κ1) is 25.0. The summed E-state index contributed by atoms with van der Waals surface area (Å²) in [4.78, 5) is 4.74. The topological polar surface area (TPSA) is 68.7 Å². The van der Waals surface area contributed by atoms with E-state index in [0.29, 0.717) is 23.9 Å². The van der Waals surface area contributed by atoms with Gasteiger partial charge in [-0.25, -0.2) is 9.67 Å². The van der Waals surface area contributed by atoms with Crippen LogP contribution >= 0.6 is 0 Å². The Bertz CT molecular complexity index is 1650. The van der Waals surface area contributed by atoms with E-state index < -0.39 is 0 Å². The largest absolute Gasteiger partial charge is 0.493 e. The molecule has 0 aliphatic heterocycles. The third-order valence-corrected chi connectivity index (χ3v) is 6.61. The summed E-state index contributed by atoms with van der Waals surface area (Å²) >= 11 is 0. The second kappa shape index (κ2) is 10.8. The van der Waals surface area contributed by atoms with Gasteiger partial charge in [0.25, 0.3) is 0 Å². The van der Waals surface area contributed by atoms with Crippen LogP contribution in [0.15, 0.2) is 79.0 Å². The molecule has 0 spiro atoms. The van der Waals surface area contributed by atoms with E-state index in [9.17, 15) is 5.26 Å². The van der Waals surface area contributed by atoms with Gasteiger partial charge < -0.3 is 9.30 Å². The first-order chi connectivity index (χ1) is 18.4. The Morgan fingerprint density at radius 3 is 2.53 bits per heavy atom. The van der Waals surface area contributed by atoms with Crippen LogP contribution in [0.1, 0.15) is 37.2 Å². The Kier molecular flexibility index (Phi) is 7.10. The highest BCUT2D eigenvalue weighted by atomic mass is 16.5. The van der Waals surface area contributed by atoms with Gasteiger partial charge in [0.2, 0.25) is 0 Å². The highest BCUT2D eigenvalue weighted by molar-refractivity contribution is 5.93. The summed E-state index contributed by atoms with van der Waals surface area (Å²) in [5.74, 6) is 2.10. The zero-order valence-electron chi connectivity index (χ0n) is 22.2. The summed E-state index contributed by atoms with van der Waals surface area (Å²) in [6.45, 7) is 7.14. The predicted octanol–water partition coefficient (Wildman–Crippen LogP) is 7.22. The minimum Gasteiger partial charge on any atom is -0.493 e. The number of hydrogen-bond donors (Lipinski definition) is 0. The van der Waals surface area contributed by atoms with Gasteiger partial charge in [0.1, 0.15) is 17.5 Å². The SMILES string of the molecule is Cc1cc(-c2nn(-c3ccccc3)cc2/C=C(\C#N)c2nc3ccccc3n2C)ccc1OCCC(C)C. The van der Waals surface area contributed by atoms with Crippen molar-refractivity contribution >= 4 is 22.7 Å². The standard InChI is InChI=1S/C32H31N5O/c1-22(2)16-17-38-30-15-14-24(18-23(30)3)31-26(21-37(35-31)27-10-6-5-7-11-27)19-25(20-33)32-34-28-12-8-9-13-29(28)36(32)4/h5-15,18-19,21-22H,16-17H2,1-4H3/b25-19+. The molecule has 5 rings (SSSR count). The maximum absolute atomic E-state index is 10.2. The molecule has 0 amide bonds. The van der Waals surface area contributed by atoms with Crippen LogP contribution in [0.2, 0.25) is 0 Å². The Balaban J connectivity index is 1.59. The summed E-state index contributed by atoms with van der Waals surface area (Å²) < 4.78 is 9.85. The second-order valence-corrected chi connectivity index (χ2v) is 9.88. The normalized spacial score (nSPS) is 11.7. The van der Waals surface area contributed by atoms with E-state index in [0.717, 1.165) is 51.3 Å². The number of ether oxygens (including phenoxy) is 1. The van der Waals surface area contributed by atoms with E-state index >= 15 is 0 Å². The molecule has 3 aromatic carbocycles. The first-order valence-corrected chi connectivity index (χ1v) is 12.9. The van der Waals surface area contributed by atoms with Crippen LogP contribution in [0.25, 0.3) is 39.6 Å². The molecule has 0 unspecified atom stereocenters. The van der Waals surface area contributed by atoms with E-state index in [4.69, 9.17) is 14.8 Å². The van der Waals surface area contributed by atoms with Gasteiger partial charge >= 0.3 is 0 Å². The average molecular weight is 502 g/mol. The van der Waals surface area contributed by atoms with E-state index in [2.05, 4.69) is 32.9 Å². The predicted molar refractivity (Wildman–Crippen MR) is 153 cm³/mol. The van der Waals surface area contributed by atoms with Crippen LogP contribution in [0.5, 0.6) is 5.75 Å². The second-order valence-electron chi connectivity index (χ2n) is 9.88. The van der Waals surface area contributed by atoms with Crippen molar-refractivity contribution in [2.24, 2.45) is 13.0 Å². The molecule has 0 aliphatic carbocycles. The number of benzene rings is 3. The Labute approximate surface area is 223 Å². The molecule has 190 valence electrons. The molecular weight excluding hydrogens is 470 g/mol. The van der Waals surface area contributed by atoms with Gasteiger partial charge in [-0.1, -0.05) is 44.2 Å². The molecule has 0 bridgehead atoms. The van der Waals surface area contributed by atoms with Crippen LogP contribution in [0.4, 0.5) is 0 Å². The number of aryl methyl sites for hydroxylation is 2. The maximum Gasteiger partial charge on any atom is 0.151 e. The van der Waals surface area contributed by atoms with E-state index in [1.54, 1.807) is 0 Å². The van der Waals surface area contributed by atoms with Crippen molar-refractivity contribution in [3.05, 3.63) is 95.9 Å². The number of aromatic nitrogens is 4. The zero-order valence-corrected chi connectivity index (χ0v) is 22.2. The number of para-hydroxylation sites is 3. The molecule has 0 N–H and O–H groups in total. The Hall–Kier alpha value is -4.63. The monoisotopic (exact) mass is 501 g/mol. The van der Waals surface area contributed by atoms with Crippen LogP contribution < -0.4 is 4.74 Å². The number of fused-ring (bicyclic) bond motifs is 1. The van der Waals surface area contributed by atoms with Gasteiger partial charge in [-0.3, -0.25) is 0 Å².